The van der Waals surface area contributed by atoms with Crippen molar-refractivity contribution in [3.8, 4) is 11.1 Å². The molecule has 1 aromatic heterocycles. The van der Waals surface area contributed by atoms with Crippen LogP contribution < -0.4 is 5.73 Å². The summed E-state index contributed by atoms with van der Waals surface area (Å²) >= 11 is 0. The number of nitrogens with one attached hydrogen (secondary N) is 1. The van der Waals surface area contributed by atoms with Gasteiger partial charge in [-0.1, -0.05) is 50.1 Å². The van der Waals surface area contributed by atoms with E-state index in [0.29, 0.717) is 5.82 Å². The molecular weight excluding hydrogens is 210 g/mol. The van der Waals surface area contributed by atoms with Gasteiger partial charge in [0.2, 0.25) is 0 Å². The summed E-state index contributed by atoms with van der Waals surface area (Å²) in [5, 5.41) is 7.18. The Kier molecular flexibility index (Phi) is 3.81. The minimum Gasteiger partial charge on any atom is -0.382 e. The van der Waals surface area contributed by atoms with E-state index < -0.39 is 0 Å². The monoisotopic (exact) mass is 229 g/mol. The van der Waals surface area contributed by atoms with E-state index in [4.69, 9.17) is 5.73 Å². The lowest BCUT2D eigenvalue weighted by Crippen LogP contribution is -1.91. The van der Waals surface area contributed by atoms with Crippen LogP contribution in [0, 0.1) is 0 Å². The number of aromatic amines is 1. The molecular formula is C14H19N3. The second kappa shape index (κ2) is 5.53. The fraction of sp³-hybridized carbons (Fsp3) is 0.357. The van der Waals surface area contributed by atoms with Gasteiger partial charge in [-0.2, -0.15) is 5.10 Å². The Balaban J connectivity index is 2.24. The van der Waals surface area contributed by atoms with Gasteiger partial charge < -0.3 is 5.73 Å². The third-order valence-electron chi connectivity index (χ3n) is 2.96. The predicted octanol–water partition coefficient (Wildman–Crippen LogP) is 3.39. The number of nitrogen functional groups attached to an aromatic ring is 1. The summed E-state index contributed by atoms with van der Waals surface area (Å²) in [5.41, 5.74) is 9.30. The van der Waals surface area contributed by atoms with Crippen molar-refractivity contribution in [2.75, 3.05) is 5.73 Å². The zero-order chi connectivity index (χ0) is 12.1. The van der Waals surface area contributed by atoms with E-state index in [2.05, 4.69) is 29.3 Å². The number of anilines is 1. The van der Waals surface area contributed by atoms with Crippen molar-refractivity contribution in [2.45, 2.75) is 32.6 Å². The molecule has 0 saturated carbocycles. The van der Waals surface area contributed by atoms with E-state index in [1.807, 2.05) is 18.2 Å². The maximum Gasteiger partial charge on any atom is 0.153 e. The Morgan fingerprint density at radius 1 is 1.18 bits per heavy atom. The van der Waals surface area contributed by atoms with E-state index >= 15 is 0 Å². The lowest BCUT2D eigenvalue weighted by atomic mass is 10.0. The van der Waals surface area contributed by atoms with Crippen molar-refractivity contribution >= 4 is 5.82 Å². The maximum absolute atomic E-state index is 5.94. The molecule has 0 aliphatic carbocycles. The molecule has 3 heteroatoms. The number of H-pyrrole nitrogens is 1. The fourth-order valence-electron chi connectivity index (χ4n) is 2.05. The molecule has 0 fully saturated rings. The molecule has 0 saturated heterocycles. The third kappa shape index (κ3) is 2.67. The molecule has 0 atom stereocenters. The van der Waals surface area contributed by atoms with Crippen molar-refractivity contribution in [2.24, 2.45) is 0 Å². The second-order valence-corrected chi connectivity index (χ2v) is 4.29. The quantitative estimate of drug-likeness (QED) is 0.772. The van der Waals surface area contributed by atoms with Crippen molar-refractivity contribution in [1.29, 1.82) is 0 Å². The van der Waals surface area contributed by atoms with E-state index in [1.54, 1.807) is 0 Å². The maximum atomic E-state index is 5.94. The first-order valence-electron chi connectivity index (χ1n) is 6.21. The van der Waals surface area contributed by atoms with Gasteiger partial charge in [0.1, 0.15) is 0 Å². The number of aromatic nitrogens is 2. The Hall–Kier alpha value is -1.77. The molecule has 1 heterocycles. The van der Waals surface area contributed by atoms with Crippen LogP contribution in [0.1, 0.15) is 31.9 Å². The first-order chi connectivity index (χ1) is 8.33. The summed E-state index contributed by atoms with van der Waals surface area (Å²) in [6, 6.07) is 10.2. The number of nitrogens with two attached hydrogens (primary N) is 1. The number of rotatable bonds is 5. The molecule has 0 aliphatic rings. The lowest BCUT2D eigenvalue weighted by Gasteiger charge is -2.04. The van der Waals surface area contributed by atoms with Crippen molar-refractivity contribution < 1.29 is 0 Å². The highest BCUT2D eigenvalue weighted by atomic mass is 15.2. The molecule has 2 rings (SSSR count). The molecule has 90 valence electrons. The first-order valence-corrected chi connectivity index (χ1v) is 6.21. The largest absolute Gasteiger partial charge is 0.382 e. The normalized spacial score (nSPS) is 10.6. The van der Waals surface area contributed by atoms with Gasteiger partial charge in [-0.05, 0) is 18.4 Å². The van der Waals surface area contributed by atoms with Gasteiger partial charge in [0, 0.05) is 11.3 Å². The molecule has 0 unspecified atom stereocenters. The Bertz CT molecular complexity index is 460. The third-order valence-corrected chi connectivity index (χ3v) is 2.96. The number of nitrogens with zero attached hydrogens (tertiary/aromatic N) is 1. The molecule has 17 heavy (non-hydrogen) atoms. The molecule has 1 aromatic carbocycles. The lowest BCUT2D eigenvalue weighted by molar-refractivity contribution is 0.706. The van der Waals surface area contributed by atoms with E-state index in [0.717, 1.165) is 23.2 Å². The molecule has 0 amide bonds. The van der Waals surface area contributed by atoms with Gasteiger partial charge in [0.15, 0.2) is 5.82 Å². The second-order valence-electron chi connectivity index (χ2n) is 4.29. The summed E-state index contributed by atoms with van der Waals surface area (Å²) in [5.74, 6) is 0.600. The average molecular weight is 229 g/mol. The summed E-state index contributed by atoms with van der Waals surface area (Å²) in [7, 11) is 0. The fourth-order valence-corrected chi connectivity index (χ4v) is 2.05. The van der Waals surface area contributed by atoms with Crippen molar-refractivity contribution in [1.82, 2.24) is 10.2 Å². The van der Waals surface area contributed by atoms with Crippen LogP contribution in [0.3, 0.4) is 0 Å². The van der Waals surface area contributed by atoms with Crippen LogP contribution in [0.4, 0.5) is 5.82 Å². The van der Waals surface area contributed by atoms with Crippen LogP contribution in [0.2, 0.25) is 0 Å². The van der Waals surface area contributed by atoms with Crippen LogP contribution in [-0.2, 0) is 6.42 Å². The Morgan fingerprint density at radius 3 is 2.65 bits per heavy atom. The van der Waals surface area contributed by atoms with E-state index in [1.165, 1.54) is 19.3 Å². The SMILES string of the molecule is CCCCCc1[nH]nc(N)c1-c1ccccc1. The highest BCUT2D eigenvalue weighted by Gasteiger charge is 2.11. The minimum absolute atomic E-state index is 0.600. The number of hydrogen-bond donors (Lipinski definition) is 2. The van der Waals surface area contributed by atoms with Crippen LogP contribution in [0.15, 0.2) is 30.3 Å². The first kappa shape index (κ1) is 11.7. The van der Waals surface area contributed by atoms with Crippen LogP contribution >= 0.6 is 0 Å². The topological polar surface area (TPSA) is 54.7 Å². The molecule has 0 bridgehead atoms. The Morgan fingerprint density at radius 2 is 1.94 bits per heavy atom. The van der Waals surface area contributed by atoms with Crippen LogP contribution in [-0.4, -0.2) is 10.2 Å². The predicted molar refractivity (Wildman–Crippen MR) is 71.7 cm³/mol. The molecule has 3 nitrogen and oxygen atoms in total. The average Bonchev–Trinajstić information content (AvgIpc) is 2.72. The summed E-state index contributed by atoms with van der Waals surface area (Å²) in [6.45, 7) is 2.21. The van der Waals surface area contributed by atoms with Crippen LogP contribution in [0.25, 0.3) is 11.1 Å². The number of unbranched alkanes of at least 4 members (excludes halogenated alkanes) is 2. The molecule has 0 radical (unpaired) electrons. The Labute approximate surface area is 102 Å². The van der Waals surface area contributed by atoms with Gasteiger partial charge in [0.05, 0.1) is 0 Å². The molecule has 3 N–H and O–H groups in total. The number of hydrogen-bond acceptors (Lipinski definition) is 2. The molecule has 0 aliphatic heterocycles. The van der Waals surface area contributed by atoms with E-state index in [9.17, 15) is 0 Å². The van der Waals surface area contributed by atoms with E-state index in [-0.39, 0.29) is 0 Å². The summed E-state index contributed by atoms with van der Waals surface area (Å²) in [4.78, 5) is 0. The standard InChI is InChI=1S/C14H19N3/c1-2-3-5-10-12-13(14(15)17-16-12)11-8-6-4-7-9-11/h4,6-9H,2-3,5,10H2,1H3,(H3,15,16,17). The minimum atomic E-state index is 0.600. The van der Waals surface area contributed by atoms with Crippen molar-refractivity contribution in [3.63, 3.8) is 0 Å². The molecule has 2 aromatic rings. The van der Waals surface area contributed by atoms with Gasteiger partial charge in [-0.15, -0.1) is 0 Å². The highest BCUT2D eigenvalue weighted by Crippen LogP contribution is 2.28. The zero-order valence-corrected chi connectivity index (χ0v) is 10.2. The summed E-state index contributed by atoms with van der Waals surface area (Å²) in [6.07, 6.45) is 4.66. The molecule has 0 spiro atoms. The highest BCUT2D eigenvalue weighted by molar-refractivity contribution is 5.76. The van der Waals surface area contributed by atoms with Gasteiger partial charge in [0.25, 0.3) is 0 Å². The zero-order valence-electron chi connectivity index (χ0n) is 10.2. The van der Waals surface area contributed by atoms with Crippen LogP contribution in [0.5, 0.6) is 0 Å². The van der Waals surface area contributed by atoms with Gasteiger partial charge >= 0.3 is 0 Å². The van der Waals surface area contributed by atoms with Crippen molar-refractivity contribution in [3.05, 3.63) is 36.0 Å². The smallest absolute Gasteiger partial charge is 0.153 e. The number of benzene rings is 1. The number of aryl methyl sites for hydroxylation is 1. The van der Waals surface area contributed by atoms with Gasteiger partial charge in [-0.3, -0.25) is 5.10 Å². The summed E-state index contributed by atoms with van der Waals surface area (Å²) < 4.78 is 0. The van der Waals surface area contributed by atoms with Gasteiger partial charge in [-0.25, -0.2) is 0 Å².